The van der Waals surface area contributed by atoms with Crippen LogP contribution in [-0.2, 0) is 21.5 Å². The molecule has 166 valence electrons. The maximum Gasteiger partial charge on any atom is 0.325 e. The number of rotatable bonds is 2. The summed E-state index contributed by atoms with van der Waals surface area (Å²) < 4.78 is 0. The van der Waals surface area contributed by atoms with Gasteiger partial charge in [0.25, 0.3) is 5.91 Å². The molecule has 1 spiro atoms. The van der Waals surface area contributed by atoms with E-state index in [1.54, 1.807) is 16.7 Å². The van der Waals surface area contributed by atoms with Crippen molar-refractivity contribution >= 4 is 35.3 Å². The molecular weight excluding hydrogens is 422 g/mol. The second-order valence-corrected chi connectivity index (χ2v) is 10.3. The number of thioether (sulfide) groups is 1. The van der Waals surface area contributed by atoms with Gasteiger partial charge >= 0.3 is 6.03 Å². The molecule has 0 radical (unpaired) electrons. The van der Waals surface area contributed by atoms with Crippen molar-refractivity contribution in [3.63, 3.8) is 0 Å². The number of urea groups is 1. The number of benzene rings is 2. The van der Waals surface area contributed by atoms with Crippen molar-refractivity contribution in [1.82, 2.24) is 10.2 Å². The average Bonchev–Trinajstić information content (AvgIpc) is 2.95. The number of aryl methyl sites for hydroxylation is 1. The second-order valence-electron chi connectivity index (χ2n) is 8.82. The van der Waals surface area contributed by atoms with Crippen LogP contribution in [0, 0.1) is 0 Å². The summed E-state index contributed by atoms with van der Waals surface area (Å²) in [5.41, 5.74) is 1.76. The van der Waals surface area contributed by atoms with Crippen molar-refractivity contribution < 1.29 is 14.4 Å². The Balaban J connectivity index is 1.43. The molecule has 1 fully saturated rings. The first-order chi connectivity index (χ1) is 15.5. The number of fused-ring (bicyclic) bond motifs is 3. The van der Waals surface area contributed by atoms with Crippen molar-refractivity contribution in [3.05, 3.63) is 59.7 Å². The van der Waals surface area contributed by atoms with Gasteiger partial charge in [-0.2, -0.15) is 0 Å². The van der Waals surface area contributed by atoms with Crippen LogP contribution in [-0.4, -0.2) is 41.1 Å². The molecule has 0 saturated carbocycles. The molecule has 2 heterocycles. The molecular formula is C25H27N3O3S. The van der Waals surface area contributed by atoms with Crippen LogP contribution in [0.25, 0.3) is 0 Å². The average molecular weight is 450 g/mol. The largest absolute Gasteiger partial charge is 0.325 e. The molecule has 0 unspecified atom stereocenters. The van der Waals surface area contributed by atoms with E-state index in [9.17, 15) is 14.4 Å². The number of imide groups is 1. The first kappa shape index (κ1) is 21.1. The van der Waals surface area contributed by atoms with E-state index in [1.807, 2.05) is 48.5 Å². The smallest absolute Gasteiger partial charge is 0.319 e. The predicted molar refractivity (Wildman–Crippen MR) is 125 cm³/mol. The lowest BCUT2D eigenvalue weighted by molar-refractivity contribution is -0.134. The molecule has 4 amide bonds. The predicted octanol–water partition coefficient (Wildman–Crippen LogP) is 4.08. The lowest BCUT2D eigenvalue weighted by Gasteiger charge is -2.28. The van der Waals surface area contributed by atoms with Gasteiger partial charge in [-0.05, 0) is 55.4 Å². The number of nitrogens with one attached hydrogen (secondary N) is 1. The summed E-state index contributed by atoms with van der Waals surface area (Å²) in [5.74, 6) is -0.536. The molecule has 1 saturated heterocycles. The number of hydrogen-bond donors (Lipinski definition) is 1. The third-order valence-electron chi connectivity index (χ3n) is 6.74. The number of nitrogens with zero attached hydrogens (tertiary/aromatic N) is 2. The Kier molecular flexibility index (Phi) is 5.45. The van der Waals surface area contributed by atoms with Crippen LogP contribution in [0.15, 0.2) is 53.4 Å². The second kappa shape index (κ2) is 8.28. The SMILES string of the molecule is C[C@H]1CCN(C(=O)CN2C(=O)N[C@@]3(CCCCc4ccccc43)C2=O)c2ccccc2S1. The van der Waals surface area contributed by atoms with E-state index in [2.05, 4.69) is 12.2 Å². The van der Waals surface area contributed by atoms with Crippen LogP contribution in [0.1, 0.15) is 43.7 Å². The minimum absolute atomic E-state index is 0.227. The minimum Gasteiger partial charge on any atom is -0.319 e. The Hall–Kier alpha value is -2.80. The monoisotopic (exact) mass is 449 g/mol. The molecule has 5 rings (SSSR count). The summed E-state index contributed by atoms with van der Waals surface area (Å²) in [7, 11) is 0. The Bertz CT molecular complexity index is 1090. The third kappa shape index (κ3) is 3.48. The zero-order valence-corrected chi connectivity index (χ0v) is 19.0. The fraction of sp³-hybridized carbons (Fsp3) is 0.400. The number of hydrogen-bond acceptors (Lipinski definition) is 4. The topological polar surface area (TPSA) is 69.7 Å². The minimum atomic E-state index is -1.06. The molecule has 1 aliphatic carbocycles. The van der Waals surface area contributed by atoms with Crippen LogP contribution in [0.3, 0.4) is 0 Å². The van der Waals surface area contributed by atoms with Crippen LogP contribution in [0.5, 0.6) is 0 Å². The Labute approximate surface area is 192 Å². The van der Waals surface area contributed by atoms with E-state index in [0.717, 1.165) is 52.3 Å². The molecule has 2 aromatic carbocycles. The zero-order chi connectivity index (χ0) is 22.3. The highest BCUT2D eigenvalue weighted by molar-refractivity contribution is 8.00. The number of para-hydroxylation sites is 1. The van der Waals surface area contributed by atoms with E-state index in [4.69, 9.17) is 0 Å². The summed E-state index contributed by atoms with van der Waals surface area (Å²) in [6.07, 6.45) is 4.11. The molecule has 32 heavy (non-hydrogen) atoms. The van der Waals surface area contributed by atoms with E-state index >= 15 is 0 Å². The van der Waals surface area contributed by atoms with Gasteiger partial charge < -0.3 is 10.2 Å². The highest BCUT2D eigenvalue weighted by Crippen LogP contribution is 2.40. The van der Waals surface area contributed by atoms with E-state index in [-0.39, 0.29) is 18.4 Å². The van der Waals surface area contributed by atoms with Crippen molar-refractivity contribution in [3.8, 4) is 0 Å². The van der Waals surface area contributed by atoms with Gasteiger partial charge in [-0.25, -0.2) is 4.79 Å². The Morgan fingerprint density at radius 2 is 1.91 bits per heavy atom. The quantitative estimate of drug-likeness (QED) is 0.702. The van der Waals surface area contributed by atoms with Crippen LogP contribution in [0.4, 0.5) is 10.5 Å². The van der Waals surface area contributed by atoms with Gasteiger partial charge in [0.05, 0.1) is 5.69 Å². The number of amides is 4. The Morgan fingerprint density at radius 3 is 2.78 bits per heavy atom. The maximum absolute atomic E-state index is 13.7. The zero-order valence-electron chi connectivity index (χ0n) is 18.2. The summed E-state index contributed by atoms with van der Waals surface area (Å²) in [5, 5.41) is 3.36. The molecule has 7 heteroatoms. The fourth-order valence-electron chi connectivity index (χ4n) is 5.08. The van der Waals surface area contributed by atoms with Crippen LogP contribution < -0.4 is 10.2 Å². The lowest BCUT2D eigenvalue weighted by Crippen LogP contribution is -2.46. The van der Waals surface area contributed by atoms with Crippen LogP contribution >= 0.6 is 11.8 Å². The molecule has 2 aliphatic heterocycles. The number of carbonyl (C=O) groups is 3. The molecule has 2 atom stereocenters. The van der Waals surface area contributed by atoms with Gasteiger partial charge in [0.1, 0.15) is 12.1 Å². The first-order valence-electron chi connectivity index (χ1n) is 11.3. The first-order valence-corrected chi connectivity index (χ1v) is 12.2. The Morgan fingerprint density at radius 1 is 1.12 bits per heavy atom. The third-order valence-corrected chi connectivity index (χ3v) is 7.98. The van der Waals surface area contributed by atoms with Gasteiger partial charge in [-0.1, -0.05) is 43.3 Å². The van der Waals surface area contributed by atoms with Gasteiger partial charge in [-0.15, -0.1) is 11.8 Å². The molecule has 6 nitrogen and oxygen atoms in total. The normalized spacial score (nSPS) is 25.1. The fourth-order valence-corrected chi connectivity index (χ4v) is 6.20. The van der Waals surface area contributed by atoms with Crippen molar-refractivity contribution in [1.29, 1.82) is 0 Å². The highest BCUT2D eigenvalue weighted by Gasteiger charge is 2.53. The van der Waals surface area contributed by atoms with Gasteiger partial charge in [-0.3, -0.25) is 14.5 Å². The standard InChI is InChI=1S/C25H27N3O3S/c1-17-13-15-27(20-11-4-5-12-21(20)32-17)22(29)16-28-23(30)25(26-24(28)31)14-7-6-9-18-8-2-3-10-19(18)25/h2-5,8,10-12,17H,6-7,9,13-16H2,1H3,(H,26,31)/t17-,25+/m0/s1. The number of anilines is 1. The lowest BCUT2D eigenvalue weighted by atomic mass is 9.84. The van der Waals surface area contributed by atoms with Gasteiger partial charge in [0.15, 0.2) is 0 Å². The molecule has 1 N–H and O–H groups in total. The summed E-state index contributed by atoms with van der Waals surface area (Å²) in [4.78, 5) is 43.9. The van der Waals surface area contributed by atoms with E-state index < -0.39 is 11.6 Å². The van der Waals surface area contributed by atoms with E-state index in [0.29, 0.717) is 18.2 Å². The van der Waals surface area contributed by atoms with Crippen LogP contribution in [0.2, 0.25) is 0 Å². The molecule has 2 aromatic rings. The van der Waals surface area contributed by atoms with E-state index in [1.165, 1.54) is 0 Å². The summed E-state index contributed by atoms with van der Waals surface area (Å²) in [6, 6.07) is 15.2. The van der Waals surface area contributed by atoms with Gasteiger partial charge in [0.2, 0.25) is 5.91 Å². The van der Waals surface area contributed by atoms with Crippen molar-refractivity contribution in [2.45, 2.75) is 54.7 Å². The summed E-state index contributed by atoms with van der Waals surface area (Å²) >= 11 is 1.76. The molecule has 0 bridgehead atoms. The van der Waals surface area contributed by atoms with Crippen molar-refractivity contribution in [2.24, 2.45) is 0 Å². The maximum atomic E-state index is 13.7. The molecule has 3 aliphatic rings. The molecule has 0 aromatic heterocycles. The van der Waals surface area contributed by atoms with Gasteiger partial charge in [0, 0.05) is 16.7 Å². The highest BCUT2D eigenvalue weighted by atomic mass is 32.2. The summed E-state index contributed by atoms with van der Waals surface area (Å²) in [6.45, 7) is 2.48. The van der Waals surface area contributed by atoms with Crippen molar-refractivity contribution in [2.75, 3.05) is 18.0 Å². The number of carbonyl (C=O) groups excluding carboxylic acids is 3.